The van der Waals surface area contributed by atoms with Gasteiger partial charge in [-0.2, -0.15) is 5.26 Å². The number of nitriles is 1. The van der Waals surface area contributed by atoms with Gasteiger partial charge in [0.25, 0.3) is 6.04 Å². The Hall–Kier alpha value is -7.44. The van der Waals surface area contributed by atoms with Gasteiger partial charge < -0.3 is 61.2 Å². The lowest BCUT2D eigenvalue weighted by atomic mass is 9.88. The third-order valence-corrected chi connectivity index (χ3v) is 12.7. The summed E-state index contributed by atoms with van der Waals surface area (Å²) in [4.78, 5) is 86.6. The molecular formula is C70H107IN8O12. The fraction of sp³-hybridized carbons (Fsp3) is 0.529. The second-order valence-electron chi connectivity index (χ2n) is 22.4. The zero-order valence-corrected chi connectivity index (χ0v) is 59.4. The molecule has 5 amide bonds. The highest BCUT2D eigenvalue weighted by molar-refractivity contribution is 14.1. The third kappa shape index (κ3) is 40.1. The van der Waals surface area contributed by atoms with Gasteiger partial charge in [0.1, 0.15) is 48.1 Å². The van der Waals surface area contributed by atoms with E-state index in [-0.39, 0.29) is 30.2 Å². The molecule has 0 aromatic heterocycles. The summed E-state index contributed by atoms with van der Waals surface area (Å²) in [6.45, 7) is 39.1. The van der Waals surface area contributed by atoms with Crippen LogP contribution in [0.5, 0.6) is 0 Å². The van der Waals surface area contributed by atoms with E-state index in [2.05, 4.69) is 44.3 Å². The molecule has 0 spiro atoms. The number of benzene rings is 4. The van der Waals surface area contributed by atoms with Crippen molar-refractivity contribution in [2.75, 3.05) is 37.8 Å². The maximum Gasteiger partial charge on any atom is 0.408 e. The number of alkyl halides is 1. The Morgan fingerprint density at radius 2 is 1.05 bits per heavy atom. The van der Waals surface area contributed by atoms with Crippen LogP contribution in [0.4, 0.5) is 14.4 Å². The molecule has 2 saturated heterocycles. The first kappa shape index (κ1) is 87.8. The van der Waals surface area contributed by atoms with Crippen molar-refractivity contribution in [3.8, 4) is 6.07 Å². The number of piperidine rings is 2. The number of Topliss-reactive ketones (excluding diaryl/α,β-unsaturated/α-hetero) is 2. The molecule has 506 valence electrons. The average molecular weight is 1380 g/mol. The minimum atomic E-state index is -0.978. The summed E-state index contributed by atoms with van der Waals surface area (Å²) in [6, 6.07) is 37.9. The van der Waals surface area contributed by atoms with E-state index in [1.54, 1.807) is 91.5 Å². The third-order valence-electron chi connectivity index (χ3n) is 11.9. The van der Waals surface area contributed by atoms with E-state index in [9.17, 15) is 33.6 Å². The number of likely N-dealkylation sites (tertiary alicyclic amines) is 1. The Morgan fingerprint density at radius 1 is 0.659 bits per heavy atom. The van der Waals surface area contributed by atoms with Gasteiger partial charge in [-0.1, -0.05) is 199 Å². The van der Waals surface area contributed by atoms with Crippen molar-refractivity contribution in [1.82, 2.24) is 26.2 Å². The van der Waals surface area contributed by atoms with Gasteiger partial charge in [-0.05, 0) is 91.8 Å². The van der Waals surface area contributed by atoms with Crippen molar-refractivity contribution in [3.05, 3.63) is 155 Å². The average Bonchev–Trinajstić information content (AvgIpc) is 1.16. The van der Waals surface area contributed by atoms with Crippen LogP contribution in [0.2, 0.25) is 0 Å². The van der Waals surface area contributed by atoms with Crippen molar-refractivity contribution in [2.24, 2.45) is 5.73 Å². The standard InChI is InChI=1S/C17H22N2O4.C16H22N2O3.C12H16N2O.C9H16INO4.C8H7N.4C2H6/c1-17(2,3)23-16(22)19-14(15(21)11-20)10-13(18-4)12-8-6-5-7-9-12;1-16(2,3)21-15(20)18-13-9-12(10-17-14(13)19)11-7-5-4-6-8-11;1-14-8-10(7-11(13)12(14)15)9-5-3-2-4-6-9;1-9(2,3)15-8(14)11-6(4-10)7(13)5-12;9-7-6-8-4-2-1-3-5-8;4*1-2/h5-9,13-14,20H,10-11H2,1-3H3,(H,19,22);4-8,12-13H,9-10H2,1-3H3,(H,17,19)(H,18,20);2-6,10-11H,7-8,13H2,1H3;6,12H,4-5H2,1-3H3,(H,11,14);1-5H,6H2;4*1-2H3/t;12-,13+;10-,11+;;;;;;/m.11....../s1. The highest BCUT2D eigenvalue weighted by Gasteiger charge is 2.34. The van der Waals surface area contributed by atoms with Crippen LogP contribution < -0.4 is 27.0 Å². The number of likely N-dealkylation sites (N-methyl/N-ethyl adjacent to an activating group) is 1. The first-order chi connectivity index (χ1) is 43.0. The number of ether oxygens (including phenoxy) is 3. The summed E-state index contributed by atoms with van der Waals surface area (Å²) < 4.78 is 15.7. The predicted molar refractivity (Wildman–Crippen MR) is 370 cm³/mol. The molecule has 4 aromatic carbocycles. The van der Waals surface area contributed by atoms with E-state index in [0.29, 0.717) is 29.7 Å². The molecule has 2 aliphatic rings. The first-order valence-corrected chi connectivity index (χ1v) is 32.6. The van der Waals surface area contributed by atoms with Gasteiger partial charge in [0, 0.05) is 42.0 Å². The normalized spacial score (nSPS) is 16.2. The van der Waals surface area contributed by atoms with E-state index in [0.717, 1.165) is 29.7 Å². The van der Waals surface area contributed by atoms with Crippen LogP contribution in [0.3, 0.4) is 0 Å². The molecule has 2 heterocycles. The number of halogens is 1. The van der Waals surface area contributed by atoms with Gasteiger partial charge >= 0.3 is 18.3 Å². The van der Waals surface area contributed by atoms with Crippen LogP contribution in [0, 0.1) is 17.9 Å². The monoisotopic (exact) mass is 1380 g/mol. The largest absolute Gasteiger partial charge is 0.444 e. The van der Waals surface area contributed by atoms with E-state index in [4.69, 9.17) is 42.0 Å². The number of aliphatic hydroxyl groups excluding tert-OH is 2. The summed E-state index contributed by atoms with van der Waals surface area (Å²) in [5.74, 6) is -0.501. The predicted octanol–water partition coefficient (Wildman–Crippen LogP) is 12.4. The topological polar surface area (TPSA) is 293 Å². The number of hydrogen-bond acceptors (Lipinski definition) is 14. The van der Waals surface area contributed by atoms with Crippen molar-refractivity contribution in [3.63, 3.8) is 0 Å². The lowest BCUT2D eigenvalue weighted by Gasteiger charge is -2.33. The van der Waals surface area contributed by atoms with Crippen LogP contribution in [-0.2, 0) is 39.8 Å². The molecular weight excluding hydrogens is 1270 g/mol. The summed E-state index contributed by atoms with van der Waals surface area (Å²) in [5, 5.41) is 36.3. The summed E-state index contributed by atoms with van der Waals surface area (Å²) >= 11 is 1.96. The fourth-order valence-corrected chi connectivity index (χ4v) is 8.68. The Bertz CT molecular complexity index is 2710. The summed E-state index contributed by atoms with van der Waals surface area (Å²) in [6.07, 6.45) is -0.0293. The van der Waals surface area contributed by atoms with Crippen LogP contribution >= 0.6 is 22.6 Å². The number of nitrogens with two attached hydrogens (primary N) is 1. The molecule has 0 saturated carbocycles. The van der Waals surface area contributed by atoms with Gasteiger partial charge in [-0.3, -0.25) is 19.2 Å². The van der Waals surface area contributed by atoms with Gasteiger partial charge in [0.2, 0.25) is 11.8 Å². The zero-order valence-electron chi connectivity index (χ0n) is 57.2. The van der Waals surface area contributed by atoms with Crippen LogP contribution in [0.15, 0.2) is 121 Å². The Labute approximate surface area is 557 Å². The van der Waals surface area contributed by atoms with Crippen LogP contribution in [0.1, 0.15) is 177 Å². The number of amides is 5. The zero-order chi connectivity index (χ0) is 70.3. The maximum atomic E-state index is 11.9. The number of carbonyl (C=O) groups is 7. The quantitative estimate of drug-likeness (QED) is 0.0267. The molecule has 20 nitrogen and oxygen atoms in total. The van der Waals surface area contributed by atoms with Crippen molar-refractivity contribution in [2.45, 2.75) is 202 Å². The molecule has 2 fully saturated rings. The van der Waals surface area contributed by atoms with E-state index in [1.165, 1.54) is 5.56 Å². The van der Waals surface area contributed by atoms with Crippen molar-refractivity contribution in [1.29, 1.82) is 5.26 Å². The van der Waals surface area contributed by atoms with Gasteiger partial charge in [-0.25, -0.2) is 21.0 Å². The molecule has 91 heavy (non-hydrogen) atoms. The van der Waals surface area contributed by atoms with E-state index >= 15 is 0 Å². The number of hydrogen-bond donors (Lipinski definition) is 7. The fourth-order valence-electron chi connectivity index (χ4n) is 7.97. The van der Waals surface area contributed by atoms with Gasteiger partial charge in [0.05, 0.1) is 25.0 Å². The SMILES string of the molecule is CC.CC.CC.CC.CC(C)(C)OC(=O)NC(CI)C(=O)CO.CC(C)(C)OC(=O)N[C@H]1C[C@@H](c2ccccc2)CNC1=O.CN1C[C@H](c2ccccc2)C[C@H](N)C1=O.N#CCc1ccccc1.[C-]#[N+]C(CC(NC(=O)OC(C)(C)C)C(=O)CO)c1ccccc1. The summed E-state index contributed by atoms with van der Waals surface area (Å²) in [5.41, 5.74) is 8.20. The number of nitrogens with zero attached hydrogens (tertiary/aromatic N) is 3. The molecule has 0 radical (unpaired) electrons. The highest BCUT2D eigenvalue weighted by atomic mass is 127. The van der Waals surface area contributed by atoms with Crippen LogP contribution in [0.25, 0.3) is 4.85 Å². The molecule has 4 aromatic rings. The number of aliphatic hydroxyl groups is 2. The second-order valence-corrected chi connectivity index (χ2v) is 23.2. The maximum absolute atomic E-state index is 11.9. The molecule has 2 aliphatic heterocycles. The van der Waals surface area contributed by atoms with Crippen molar-refractivity contribution >= 4 is 64.3 Å². The Kier molecular flexibility index (Phi) is 47.5. The lowest BCUT2D eigenvalue weighted by molar-refractivity contribution is -0.134. The van der Waals surface area contributed by atoms with Crippen LogP contribution in [-0.4, -0.2) is 136 Å². The minimum Gasteiger partial charge on any atom is -0.444 e. The molecule has 3 unspecified atom stereocenters. The smallest absolute Gasteiger partial charge is 0.408 e. The first-order valence-electron chi connectivity index (χ1n) is 31.1. The molecule has 8 N–H and O–H groups in total. The minimum absolute atomic E-state index is 0.0576. The second kappa shape index (κ2) is 49.3. The Balaban J connectivity index is -0.00000106. The lowest BCUT2D eigenvalue weighted by Crippen LogP contribution is -2.53. The summed E-state index contributed by atoms with van der Waals surface area (Å²) in [7, 11) is 1.82. The molecule has 0 bridgehead atoms. The highest BCUT2D eigenvalue weighted by Crippen LogP contribution is 2.27. The number of rotatable bonds is 14. The molecule has 0 aliphatic carbocycles. The van der Waals surface area contributed by atoms with Gasteiger partial charge in [-0.15, -0.1) is 0 Å². The van der Waals surface area contributed by atoms with E-state index in [1.807, 2.05) is 170 Å². The number of ketones is 2. The number of nitrogens with one attached hydrogen (secondary N) is 4. The molecule has 7 atom stereocenters. The molecule has 21 heteroatoms. The van der Waals surface area contributed by atoms with E-state index < -0.39 is 84.0 Å². The number of alkyl carbamates (subject to hydrolysis) is 3. The van der Waals surface area contributed by atoms with Crippen molar-refractivity contribution < 1.29 is 58.0 Å². The number of carbonyl (C=O) groups excluding carboxylic acids is 7. The Morgan fingerprint density at radius 3 is 1.45 bits per heavy atom. The molecule has 6 rings (SSSR count). The van der Waals surface area contributed by atoms with Gasteiger partial charge in [0.15, 0.2) is 11.6 Å².